The van der Waals surface area contributed by atoms with Crippen molar-refractivity contribution >= 4 is 11.8 Å². The van der Waals surface area contributed by atoms with Gasteiger partial charge < -0.3 is 0 Å². The SMILES string of the molecule is Cc1cc(-c2ccccc2N=C=O)n[nH]1. The van der Waals surface area contributed by atoms with Crippen LogP contribution in [-0.4, -0.2) is 16.3 Å². The third-order valence-corrected chi connectivity index (χ3v) is 2.05. The summed E-state index contributed by atoms with van der Waals surface area (Å²) in [6.07, 6.45) is 1.54. The smallest absolute Gasteiger partial charge is 0.240 e. The lowest BCUT2D eigenvalue weighted by molar-refractivity contribution is 0.565. The average molecular weight is 199 g/mol. The number of aryl methyl sites for hydroxylation is 1. The molecular weight excluding hydrogens is 190 g/mol. The van der Waals surface area contributed by atoms with Crippen LogP contribution in [0.5, 0.6) is 0 Å². The lowest BCUT2D eigenvalue weighted by Crippen LogP contribution is -1.78. The van der Waals surface area contributed by atoms with Crippen molar-refractivity contribution < 1.29 is 4.79 Å². The van der Waals surface area contributed by atoms with Gasteiger partial charge in [-0.2, -0.15) is 10.1 Å². The van der Waals surface area contributed by atoms with Crippen molar-refractivity contribution in [2.75, 3.05) is 0 Å². The molecule has 0 spiro atoms. The van der Waals surface area contributed by atoms with Crippen molar-refractivity contribution in [2.24, 2.45) is 4.99 Å². The molecule has 4 heteroatoms. The first-order valence-electron chi connectivity index (χ1n) is 4.50. The third-order valence-electron chi connectivity index (χ3n) is 2.05. The van der Waals surface area contributed by atoms with Crippen molar-refractivity contribution in [3.05, 3.63) is 36.0 Å². The number of benzene rings is 1. The first kappa shape index (κ1) is 9.37. The number of nitrogens with one attached hydrogen (secondary N) is 1. The van der Waals surface area contributed by atoms with E-state index in [-0.39, 0.29) is 0 Å². The molecule has 0 radical (unpaired) electrons. The Morgan fingerprint density at radius 1 is 1.40 bits per heavy atom. The predicted molar refractivity (Wildman–Crippen MR) is 56.5 cm³/mol. The molecule has 0 fully saturated rings. The highest BCUT2D eigenvalue weighted by molar-refractivity contribution is 5.74. The molecule has 1 heterocycles. The number of aromatic nitrogens is 2. The highest BCUT2D eigenvalue weighted by Crippen LogP contribution is 2.28. The van der Waals surface area contributed by atoms with Gasteiger partial charge in [-0.15, -0.1) is 0 Å². The molecule has 0 aliphatic rings. The molecule has 0 bridgehead atoms. The molecule has 2 aromatic rings. The van der Waals surface area contributed by atoms with E-state index >= 15 is 0 Å². The highest BCUT2D eigenvalue weighted by Gasteiger charge is 2.06. The second kappa shape index (κ2) is 3.90. The maximum Gasteiger partial charge on any atom is 0.240 e. The number of nitrogens with zero attached hydrogens (tertiary/aromatic N) is 2. The van der Waals surface area contributed by atoms with Crippen LogP contribution >= 0.6 is 0 Å². The van der Waals surface area contributed by atoms with E-state index in [4.69, 9.17) is 0 Å². The standard InChI is InChI=1S/C11H9N3O/c1-8-6-11(14-13-8)9-4-2-3-5-10(9)12-7-15/h2-6H,1H3,(H,13,14). The summed E-state index contributed by atoms with van der Waals surface area (Å²) in [6.45, 7) is 1.92. The average Bonchev–Trinajstić information content (AvgIpc) is 2.66. The minimum absolute atomic E-state index is 0.582. The quantitative estimate of drug-likeness (QED) is 0.596. The number of hydrogen-bond acceptors (Lipinski definition) is 3. The summed E-state index contributed by atoms with van der Waals surface area (Å²) in [6, 6.07) is 9.22. The van der Waals surface area contributed by atoms with E-state index in [0.29, 0.717) is 5.69 Å². The number of hydrogen-bond donors (Lipinski definition) is 1. The lowest BCUT2D eigenvalue weighted by atomic mass is 10.1. The Morgan fingerprint density at radius 3 is 2.87 bits per heavy atom. The Morgan fingerprint density at radius 2 is 2.20 bits per heavy atom. The molecular formula is C11H9N3O. The third kappa shape index (κ3) is 1.85. The molecule has 0 aliphatic carbocycles. The lowest BCUT2D eigenvalue weighted by Gasteiger charge is -1.98. The molecule has 1 N–H and O–H groups in total. The number of para-hydroxylation sites is 1. The zero-order valence-electron chi connectivity index (χ0n) is 8.19. The second-order valence-electron chi connectivity index (χ2n) is 3.16. The van der Waals surface area contributed by atoms with Crippen molar-refractivity contribution in [2.45, 2.75) is 6.92 Å². The van der Waals surface area contributed by atoms with Gasteiger partial charge in [0, 0.05) is 11.3 Å². The van der Waals surface area contributed by atoms with Crippen LogP contribution in [0.3, 0.4) is 0 Å². The molecule has 0 saturated carbocycles. The van der Waals surface area contributed by atoms with Gasteiger partial charge in [-0.3, -0.25) is 5.10 Å². The van der Waals surface area contributed by atoms with E-state index in [0.717, 1.165) is 17.0 Å². The van der Waals surface area contributed by atoms with Crippen molar-refractivity contribution in [1.82, 2.24) is 10.2 Å². The van der Waals surface area contributed by atoms with Crippen LogP contribution in [0.4, 0.5) is 5.69 Å². The van der Waals surface area contributed by atoms with E-state index in [1.165, 1.54) is 6.08 Å². The zero-order chi connectivity index (χ0) is 10.7. The fourth-order valence-corrected chi connectivity index (χ4v) is 1.39. The molecule has 1 aromatic carbocycles. The molecule has 15 heavy (non-hydrogen) atoms. The number of aliphatic imine (C=N–C) groups is 1. The van der Waals surface area contributed by atoms with E-state index in [1.807, 2.05) is 31.2 Å². The molecule has 0 unspecified atom stereocenters. The zero-order valence-corrected chi connectivity index (χ0v) is 8.19. The molecule has 0 amide bonds. The van der Waals surface area contributed by atoms with Crippen LogP contribution in [0.25, 0.3) is 11.3 Å². The summed E-state index contributed by atoms with van der Waals surface area (Å²) in [7, 11) is 0. The van der Waals surface area contributed by atoms with E-state index in [1.54, 1.807) is 6.07 Å². The van der Waals surface area contributed by atoms with Gasteiger partial charge in [0.2, 0.25) is 6.08 Å². The molecule has 0 atom stereocenters. The van der Waals surface area contributed by atoms with Crippen LogP contribution in [0.1, 0.15) is 5.69 Å². The van der Waals surface area contributed by atoms with Gasteiger partial charge in [-0.25, -0.2) is 4.79 Å². The summed E-state index contributed by atoms with van der Waals surface area (Å²) in [5.41, 5.74) is 3.15. The Balaban J connectivity index is 2.56. The molecule has 74 valence electrons. The van der Waals surface area contributed by atoms with Crippen LogP contribution in [0.15, 0.2) is 35.3 Å². The van der Waals surface area contributed by atoms with E-state index in [2.05, 4.69) is 15.2 Å². The maximum atomic E-state index is 10.2. The molecule has 4 nitrogen and oxygen atoms in total. The van der Waals surface area contributed by atoms with Gasteiger partial charge in [0.25, 0.3) is 0 Å². The van der Waals surface area contributed by atoms with Gasteiger partial charge in [-0.05, 0) is 19.1 Å². The monoisotopic (exact) mass is 199 g/mol. The molecule has 2 rings (SSSR count). The summed E-state index contributed by atoms with van der Waals surface area (Å²) in [4.78, 5) is 13.9. The fourth-order valence-electron chi connectivity index (χ4n) is 1.39. The van der Waals surface area contributed by atoms with Crippen molar-refractivity contribution in [3.8, 4) is 11.3 Å². The largest absolute Gasteiger partial charge is 0.282 e. The van der Waals surface area contributed by atoms with Crippen LogP contribution < -0.4 is 0 Å². The second-order valence-corrected chi connectivity index (χ2v) is 3.16. The van der Waals surface area contributed by atoms with Gasteiger partial charge in [0.15, 0.2) is 0 Å². The predicted octanol–water partition coefficient (Wildman–Crippen LogP) is 2.35. The highest BCUT2D eigenvalue weighted by atomic mass is 16.1. The summed E-state index contributed by atoms with van der Waals surface area (Å²) in [5, 5.41) is 6.96. The topological polar surface area (TPSA) is 58.1 Å². The summed E-state index contributed by atoms with van der Waals surface area (Å²) < 4.78 is 0. The minimum atomic E-state index is 0.582. The molecule has 0 aliphatic heterocycles. The minimum Gasteiger partial charge on any atom is -0.282 e. The number of aromatic amines is 1. The van der Waals surface area contributed by atoms with Crippen LogP contribution in [0, 0.1) is 6.92 Å². The van der Waals surface area contributed by atoms with Gasteiger partial charge in [0.05, 0.1) is 11.4 Å². The van der Waals surface area contributed by atoms with E-state index < -0.39 is 0 Å². The Labute approximate surface area is 86.7 Å². The summed E-state index contributed by atoms with van der Waals surface area (Å²) in [5.74, 6) is 0. The van der Waals surface area contributed by atoms with Crippen LogP contribution in [-0.2, 0) is 4.79 Å². The van der Waals surface area contributed by atoms with Crippen molar-refractivity contribution in [3.63, 3.8) is 0 Å². The number of isocyanates is 1. The Hall–Kier alpha value is -2.19. The molecule has 1 aromatic heterocycles. The fraction of sp³-hybridized carbons (Fsp3) is 0.0909. The number of H-pyrrole nitrogens is 1. The number of rotatable bonds is 2. The van der Waals surface area contributed by atoms with E-state index in [9.17, 15) is 4.79 Å². The Kier molecular flexibility index (Phi) is 2.44. The number of carbonyl (C=O) groups excluding carboxylic acids is 1. The van der Waals surface area contributed by atoms with Crippen molar-refractivity contribution in [1.29, 1.82) is 0 Å². The maximum absolute atomic E-state index is 10.2. The Bertz CT molecular complexity index is 524. The summed E-state index contributed by atoms with van der Waals surface area (Å²) >= 11 is 0. The molecule has 0 saturated heterocycles. The van der Waals surface area contributed by atoms with Gasteiger partial charge >= 0.3 is 0 Å². The first-order chi connectivity index (χ1) is 7.31. The van der Waals surface area contributed by atoms with Gasteiger partial charge in [-0.1, -0.05) is 18.2 Å². The first-order valence-corrected chi connectivity index (χ1v) is 4.50. The van der Waals surface area contributed by atoms with Crippen LogP contribution in [0.2, 0.25) is 0 Å². The van der Waals surface area contributed by atoms with Gasteiger partial charge in [0.1, 0.15) is 0 Å². The normalized spacial score (nSPS) is 9.67.